The van der Waals surface area contributed by atoms with Gasteiger partial charge in [-0.3, -0.25) is 14.5 Å². The molecule has 1 aromatic heterocycles. The summed E-state index contributed by atoms with van der Waals surface area (Å²) in [6, 6.07) is 17.1. The Balaban J connectivity index is 1.83. The number of benzene rings is 2. The molecule has 0 radical (unpaired) electrons. The Bertz CT molecular complexity index is 1180. The van der Waals surface area contributed by atoms with Gasteiger partial charge < -0.3 is 19.0 Å². The van der Waals surface area contributed by atoms with Crippen LogP contribution in [0.3, 0.4) is 0 Å². The molecule has 3 aromatic rings. The number of methoxy groups -OCH3 is 1. The highest BCUT2D eigenvalue weighted by atomic mass is 16.7. The van der Waals surface area contributed by atoms with Crippen molar-refractivity contribution >= 4 is 17.4 Å². The molecule has 0 saturated heterocycles. The number of amides is 1. The van der Waals surface area contributed by atoms with E-state index in [-0.39, 0.29) is 18.1 Å². The van der Waals surface area contributed by atoms with Gasteiger partial charge in [-0.1, -0.05) is 32.0 Å². The number of ketones is 1. The second-order valence-electron chi connectivity index (χ2n) is 7.97. The maximum absolute atomic E-state index is 13.2. The molecule has 1 atom stereocenters. The number of rotatable bonds is 8. The van der Waals surface area contributed by atoms with Crippen molar-refractivity contribution in [1.29, 1.82) is 0 Å². The van der Waals surface area contributed by atoms with Gasteiger partial charge in [-0.15, -0.1) is 0 Å². The molecule has 4 rings (SSSR count). The Labute approximate surface area is 191 Å². The number of nitrogens with zero attached hydrogens (tertiary/aromatic N) is 1. The van der Waals surface area contributed by atoms with Crippen molar-refractivity contribution in [2.75, 3.05) is 18.8 Å². The van der Waals surface area contributed by atoms with Crippen molar-refractivity contribution in [2.45, 2.75) is 19.9 Å². The maximum Gasteiger partial charge on any atom is 0.294 e. The summed E-state index contributed by atoms with van der Waals surface area (Å²) in [7, 11) is 1.51. The predicted octanol–water partition coefficient (Wildman–Crippen LogP) is 5.05. The minimum Gasteiger partial charge on any atom is -0.503 e. The molecule has 2 aromatic carbocycles. The van der Waals surface area contributed by atoms with E-state index in [1.165, 1.54) is 12.0 Å². The van der Waals surface area contributed by atoms with E-state index in [1.807, 2.05) is 18.2 Å². The Kier molecular flexibility index (Phi) is 6.33. The number of ether oxygens (including phenoxy) is 2. The Morgan fingerprint density at radius 2 is 1.82 bits per heavy atom. The zero-order valence-electron chi connectivity index (χ0n) is 18.6. The van der Waals surface area contributed by atoms with Crippen LogP contribution in [0.5, 0.6) is 5.75 Å². The molecule has 0 bridgehead atoms. The number of aliphatic hydroxyl groups is 1. The monoisotopic (exact) mass is 447 g/mol. The second kappa shape index (κ2) is 9.34. The van der Waals surface area contributed by atoms with Gasteiger partial charge in [0.1, 0.15) is 11.5 Å². The van der Waals surface area contributed by atoms with E-state index in [4.69, 9.17) is 13.9 Å². The first kappa shape index (κ1) is 22.4. The quantitative estimate of drug-likeness (QED) is 0.486. The van der Waals surface area contributed by atoms with E-state index in [1.54, 1.807) is 62.6 Å². The predicted molar refractivity (Wildman–Crippen MR) is 123 cm³/mol. The number of carbonyl (C=O) groups excluding carboxylic acids is 2. The average Bonchev–Trinajstić information content (AvgIpc) is 3.45. The van der Waals surface area contributed by atoms with E-state index < -0.39 is 23.6 Å². The lowest BCUT2D eigenvalue weighted by Gasteiger charge is -2.28. The van der Waals surface area contributed by atoms with Crippen LogP contribution < -0.4 is 9.64 Å². The van der Waals surface area contributed by atoms with Crippen LogP contribution in [0.2, 0.25) is 0 Å². The minimum atomic E-state index is -0.852. The van der Waals surface area contributed by atoms with Gasteiger partial charge in [0.25, 0.3) is 5.91 Å². The smallest absolute Gasteiger partial charge is 0.294 e. The van der Waals surface area contributed by atoms with Gasteiger partial charge in [0.15, 0.2) is 18.3 Å². The SMILES string of the molecule is COCOc1ccccc1C1C(C(=O)C(C)C)=C(O)C(=O)N1c1ccc(-c2ccco2)cc1. The maximum atomic E-state index is 13.2. The number of Topliss-reactive ketones (excluding diaryl/α,β-unsaturated/α-hetero) is 1. The molecule has 0 aliphatic carbocycles. The molecule has 7 heteroatoms. The summed E-state index contributed by atoms with van der Waals surface area (Å²) in [4.78, 5) is 27.8. The summed E-state index contributed by atoms with van der Waals surface area (Å²) in [5.74, 6) is -0.751. The molecular formula is C26H25NO6. The van der Waals surface area contributed by atoms with Gasteiger partial charge in [-0.25, -0.2) is 0 Å². The first-order valence-electron chi connectivity index (χ1n) is 10.6. The van der Waals surface area contributed by atoms with E-state index in [0.717, 1.165) is 5.56 Å². The van der Waals surface area contributed by atoms with Crippen LogP contribution in [0, 0.1) is 5.92 Å². The molecule has 1 N–H and O–H groups in total. The molecule has 0 saturated carbocycles. The molecule has 170 valence electrons. The summed E-state index contributed by atoms with van der Waals surface area (Å²) in [5.41, 5.74) is 2.00. The van der Waals surface area contributed by atoms with Crippen molar-refractivity contribution in [3.63, 3.8) is 0 Å². The largest absolute Gasteiger partial charge is 0.503 e. The third kappa shape index (κ3) is 4.15. The molecule has 1 aliphatic heterocycles. The standard InChI is InChI=1S/C26H25NO6/c1-16(2)24(28)22-23(19-7-4-5-8-21(19)33-15-31-3)27(26(30)25(22)29)18-12-10-17(11-13-18)20-9-6-14-32-20/h4-14,16,23,29H,15H2,1-3H3. The van der Waals surface area contributed by atoms with E-state index >= 15 is 0 Å². The van der Waals surface area contributed by atoms with Gasteiger partial charge in [0.05, 0.1) is 17.9 Å². The van der Waals surface area contributed by atoms with E-state index in [9.17, 15) is 14.7 Å². The lowest BCUT2D eigenvalue weighted by atomic mass is 9.90. The molecule has 7 nitrogen and oxygen atoms in total. The fourth-order valence-electron chi connectivity index (χ4n) is 3.92. The Hall–Kier alpha value is -3.84. The van der Waals surface area contributed by atoms with Crippen LogP contribution in [-0.2, 0) is 14.3 Å². The molecule has 1 unspecified atom stereocenters. The number of para-hydroxylation sites is 1. The first-order valence-corrected chi connectivity index (χ1v) is 10.6. The van der Waals surface area contributed by atoms with Crippen LogP contribution in [0.25, 0.3) is 11.3 Å². The third-order valence-electron chi connectivity index (χ3n) is 5.50. The lowest BCUT2D eigenvalue weighted by Crippen LogP contribution is -2.31. The molecular weight excluding hydrogens is 422 g/mol. The number of hydrogen-bond donors (Lipinski definition) is 1. The zero-order chi connectivity index (χ0) is 23.5. The fourth-order valence-corrected chi connectivity index (χ4v) is 3.92. The van der Waals surface area contributed by atoms with Crippen molar-refractivity contribution in [1.82, 2.24) is 0 Å². The number of aliphatic hydroxyl groups excluding tert-OH is 1. The summed E-state index contributed by atoms with van der Waals surface area (Å²) < 4.78 is 16.2. The molecule has 0 fully saturated rings. The minimum absolute atomic E-state index is 0.00131. The Morgan fingerprint density at radius 3 is 2.45 bits per heavy atom. The highest BCUT2D eigenvalue weighted by Crippen LogP contribution is 2.44. The van der Waals surface area contributed by atoms with Crippen LogP contribution in [0.4, 0.5) is 5.69 Å². The summed E-state index contributed by atoms with van der Waals surface area (Å²) in [6.07, 6.45) is 1.59. The number of carbonyl (C=O) groups is 2. The van der Waals surface area contributed by atoms with E-state index in [2.05, 4.69) is 0 Å². The first-order chi connectivity index (χ1) is 15.9. The van der Waals surface area contributed by atoms with Crippen LogP contribution in [-0.4, -0.2) is 30.7 Å². The molecule has 33 heavy (non-hydrogen) atoms. The topological polar surface area (TPSA) is 89.2 Å². The Morgan fingerprint density at radius 1 is 1.09 bits per heavy atom. The molecule has 0 spiro atoms. The van der Waals surface area contributed by atoms with Crippen LogP contribution in [0.15, 0.2) is 82.7 Å². The third-order valence-corrected chi connectivity index (χ3v) is 5.50. The summed E-state index contributed by atoms with van der Waals surface area (Å²) in [5, 5.41) is 10.8. The zero-order valence-corrected chi connectivity index (χ0v) is 18.6. The van der Waals surface area contributed by atoms with Gasteiger partial charge in [-0.05, 0) is 42.5 Å². The van der Waals surface area contributed by atoms with Crippen molar-refractivity contribution in [2.24, 2.45) is 5.92 Å². The van der Waals surface area contributed by atoms with Crippen molar-refractivity contribution < 1.29 is 28.6 Å². The fraction of sp³-hybridized carbons (Fsp3) is 0.231. The van der Waals surface area contributed by atoms with Gasteiger partial charge >= 0.3 is 0 Å². The molecule has 1 amide bonds. The normalized spacial score (nSPS) is 16.1. The lowest BCUT2D eigenvalue weighted by molar-refractivity contribution is -0.119. The highest BCUT2D eigenvalue weighted by molar-refractivity contribution is 6.17. The highest BCUT2D eigenvalue weighted by Gasteiger charge is 2.45. The number of anilines is 1. The molecule has 1 aliphatic rings. The van der Waals surface area contributed by atoms with Gasteiger partial charge in [0, 0.05) is 29.8 Å². The molecule has 2 heterocycles. The van der Waals surface area contributed by atoms with Crippen LogP contribution >= 0.6 is 0 Å². The summed E-state index contributed by atoms with van der Waals surface area (Å²) in [6.45, 7) is 3.47. The summed E-state index contributed by atoms with van der Waals surface area (Å²) >= 11 is 0. The van der Waals surface area contributed by atoms with Gasteiger partial charge in [0.2, 0.25) is 0 Å². The average molecular weight is 447 g/mol. The van der Waals surface area contributed by atoms with Crippen molar-refractivity contribution in [3.8, 4) is 17.1 Å². The number of furan rings is 1. The number of hydrogen-bond acceptors (Lipinski definition) is 6. The van der Waals surface area contributed by atoms with Gasteiger partial charge in [-0.2, -0.15) is 0 Å². The van der Waals surface area contributed by atoms with Crippen molar-refractivity contribution in [3.05, 3.63) is 83.8 Å². The van der Waals surface area contributed by atoms with E-state index in [0.29, 0.717) is 22.8 Å². The van der Waals surface area contributed by atoms with Crippen LogP contribution in [0.1, 0.15) is 25.5 Å². The second-order valence-corrected chi connectivity index (χ2v) is 7.97.